The molecule has 1 aromatic rings. The fourth-order valence-electron chi connectivity index (χ4n) is 11.1. The predicted octanol–water partition coefficient (Wildman–Crippen LogP) is 7.69. The molecule has 6 rings (SSSR count). The van der Waals surface area contributed by atoms with Crippen LogP contribution in [0.25, 0.3) is 5.57 Å². The van der Waals surface area contributed by atoms with Gasteiger partial charge in [-0.15, -0.1) is 0 Å². The fraction of sp³-hybridized carbons (Fsp3) is 0.719. The van der Waals surface area contributed by atoms with Gasteiger partial charge in [0.25, 0.3) is 0 Å². The number of nitrogens with two attached hydrogens (primary N) is 1. The largest absolute Gasteiger partial charge is 0.478 e. The number of hydrogen-bond donors (Lipinski definition) is 2. The first kappa shape index (κ1) is 24.6. The number of rotatable bonds is 2. The van der Waals surface area contributed by atoms with Crippen LogP contribution in [0.1, 0.15) is 108 Å². The number of carbonyl (C=O) groups is 1. The number of aromatic carboxylic acids is 1. The average molecular weight is 494 g/mol. The maximum absolute atomic E-state index is 14.6. The summed E-state index contributed by atoms with van der Waals surface area (Å²) in [5, 5.41) is 9.25. The van der Waals surface area contributed by atoms with Crippen molar-refractivity contribution in [3.8, 4) is 0 Å². The highest BCUT2D eigenvalue weighted by molar-refractivity contribution is 5.88. The monoisotopic (exact) mass is 493 g/mol. The Bertz CT molecular complexity index is 1130. The van der Waals surface area contributed by atoms with Crippen LogP contribution in [-0.4, -0.2) is 16.6 Å². The number of fused-ring (bicyclic) bond motifs is 7. The molecule has 5 aliphatic carbocycles. The summed E-state index contributed by atoms with van der Waals surface area (Å²) in [5.41, 5.74) is 9.88. The molecule has 4 heteroatoms. The second-order valence-corrected chi connectivity index (χ2v) is 14.1. The summed E-state index contributed by atoms with van der Waals surface area (Å²) in [6.45, 7) is 10.2. The minimum Gasteiger partial charge on any atom is -0.478 e. The van der Waals surface area contributed by atoms with Gasteiger partial charge < -0.3 is 10.8 Å². The number of hydrogen-bond acceptors (Lipinski definition) is 2. The van der Waals surface area contributed by atoms with E-state index in [-0.39, 0.29) is 16.5 Å². The van der Waals surface area contributed by atoms with E-state index in [0.717, 1.165) is 17.9 Å². The molecule has 7 unspecified atom stereocenters. The lowest BCUT2D eigenvalue weighted by molar-refractivity contribution is -0.209. The molecule has 1 aromatic carbocycles. The predicted molar refractivity (Wildman–Crippen MR) is 142 cm³/mol. The Kier molecular flexibility index (Phi) is 5.42. The quantitative estimate of drug-likeness (QED) is 0.444. The second-order valence-electron chi connectivity index (χ2n) is 14.1. The van der Waals surface area contributed by atoms with Crippen LogP contribution in [0.3, 0.4) is 0 Å². The lowest BCUT2D eigenvalue weighted by Crippen LogP contribution is -2.66. The van der Waals surface area contributed by atoms with Crippen LogP contribution >= 0.6 is 0 Å². The number of halogens is 1. The van der Waals surface area contributed by atoms with E-state index in [1.165, 1.54) is 75.5 Å². The molecule has 36 heavy (non-hydrogen) atoms. The Morgan fingerprint density at radius 2 is 1.75 bits per heavy atom. The Hall–Kier alpha value is -1.68. The minimum atomic E-state index is -1.21. The van der Waals surface area contributed by atoms with E-state index in [0.29, 0.717) is 34.5 Å². The molecule has 0 heterocycles. The molecule has 0 aliphatic heterocycles. The van der Waals surface area contributed by atoms with Crippen LogP contribution in [0.4, 0.5) is 4.39 Å². The first-order valence-corrected chi connectivity index (χ1v) is 14.5. The molecule has 4 saturated carbocycles. The molecule has 5 aliphatic rings. The van der Waals surface area contributed by atoms with Gasteiger partial charge in [0.1, 0.15) is 5.82 Å². The molecular weight excluding hydrogens is 449 g/mol. The van der Waals surface area contributed by atoms with Crippen molar-refractivity contribution in [3.63, 3.8) is 0 Å². The van der Waals surface area contributed by atoms with Crippen molar-refractivity contribution in [2.45, 2.75) is 97.4 Å². The van der Waals surface area contributed by atoms with Crippen molar-refractivity contribution < 1.29 is 14.3 Å². The van der Waals surface area contributed by atoms with E-state index in [2.05, 4.69) is 33.8 Å². The molecule has 4 fully saturated rings. The molecule has 0 bridgehead atoms. The van der Waals surface area contributed by atoms with Crippen LogP contribution in [0.5, 0.6) is 0 Å². The van der Waals surface area contributed by atoms with Crippen molar-refractivity contribution in [1.82, 2.24) is 0 Å². The van der Waals surface area contributed by atoms with E-state index in [1.54, 1.807) is 6.07 Å². The zero-order valence-electron chi connectivity index (χ0n) is 22.6. The fourth-order valence-corrected chi connectivity index (χ4v) is 11.1. The maximum Gasteiger partial charge on any atom is 0.338 e. The van der Waals surface area contributed by atoms with Gasteiger partial charge in [0.2, 0.25) is 0 Å². The van der Waals surface area contributed by atoms with Gasteiger partial charge in [0, 0.05) is 5.54 Å². The van der Waals surface area contributed by atoms with E-state index in [9.17, 15) is 14.3 Å². The molecule has 0 radical (unpaired) electrons. The SMILES string of the molecule is CC1C(c2ccc(C(=O)O)c(F)c2)=CCC2(C)C1CC[C@]1(C)C2CCC2C3CCCC3(N)CC[C@]21C. The third kappa shape index (κ3) is 3.09. The summed E-state index contributed by atoms with van der Waals surface area (Å²) in [7, 11) is 0. The van der Waals surface area contributed by atoms with E-state index in [1.807, 2.05) is 0 Å². The standard InChI is InChI=1S/C32H44FNO2/c1-19-21(20-7-8-22(28(35)36)26(33)18-20)11-14-29(2)23(19)12-15-31(4)27(29)10-9-24-25-6-5-13-32(25,34)17-16-30(24,31)3/h7-8,11,18-19,23-25,27H,5-6,9-10,12-17,34H2,1-4H3,(H,35,36)/t19?,23?,24?,25?,27?,29?,30-,31-,32?/m1/s1. The van der Waals surface area contributed by atoms with Gasteiger partial charge in [-0.3, -0.25) is 0 Å². The molecule has 196 valence electrons. The van der Waals surface area contributed by atoms with Crippen molar-refractivity contribution >= 4 is 11.5 Å². The summed E-state index contributed by atoms with van der Waals surface area (Å²) < 4.78 is 14.6. The number of benzene rings is 1. The van der Waals surface area contributed by atoms with Gasteiger partial charge in [-0.25, -0.2) is 9.18 Å². The number of carboxylic acids is 1. The Morgan fingerprint density at radius 1 is 0.972 bits per heavy atom. The molecule has 0 saturated heterocycles. The summed E-state index contributed by atoms with van der Waals surface area (Å²) in [4.78, 5) is 11.3. The van der Waals surface area contributed by atoms with Crippen LogP contribution in [0, 0.1) is 51.7 Å². The Labute approximate surface area is 216 Å². The highest BCUT2D eigenvalue weighted by Crippen LogP contribution is 2.74. The molecule has 3 N–H and O–H groups in total. The molecular formula is C32H44FNO2. The third-order valence-corrected chi connectivity index (χ3v) is 13.2. The van der Waals surface area contributed by atoms with E-state index in [4.69, 9.17) is 5.73 Å². The smallest absolute Gasteiger partial charge is 0.338 e. The van der Waals surface area contributed by atoms with Crippen LogP contribution in [-0.2, 0) is 0 Å². The highest BCUT2D eigenvalue weighted by atomic mass is 19.1. The van der Waals surface area contributed by atoms with Crippen molar-refractivity contribution in [2.75, 3.05) is 0 Å². The van der Waals surface area contributed by atoms with Gasteiger partial charge >= 0.3 is 5.97 Å². The van der Waals surface area contributed by atoms with Crippen LogP contribution in [0.15, 0.2) is 24.3 Å². The van der Waals surface area contributed by atoms with Crippen LogP contribution < -0.4 is 5.73 Å². The number of allylic oxidation sites excluding steroid dienone is 2. The summed E-state index contributed by atoms with van der Waals surface area (Å²) in [6.07, 6.45) is 14.9. The van der Waals surface area contributed by atoms with E-state index < -0.39 is 11.8 Å². The lowest BCUT2D eigenvalue weighted by atomic mass is 9.34. The van der Waals surface area contributed by atoms with Gasteiger partial charge in [-0.05, 0) is 127 Å². The zero-order chi connectivity index (χ0) is 25.7. The topological polar surface area (TPSA) is 63.3 Å². The molecule has 0 aromatic heterocycles. The third-order valence-electron chi connectivity index (χ3n) is 13.2. The van der Waals surface area contributed by atoms with Crippen molar-refractivity contribution in [2.24, 2.45) is 51.6 Å². The van der Waals surface area contributed by atoms with Crippen molar-refractivity contribution in [3.05, 3.63) is 41.2 Å². The molecule has 0 spiro atoms. The van der Waals surface area contributed by atoms with E-state index >= 15 is 0 Å². The van der Waals surface area contributed by atoms with Gasteiger partial charge in [0.05, 0.1) is 5.56 Å². The first-order valence-electron chi connectivity index (χ1n) is 14.5. The summed E-state index contributed by atoms with van der Waals surface area (Å²) in [6, 6.07) is 4.67. The van der Waals surface area contributed by atoms with Gasteiger partial charge in [0.15, 0.2) is 0 Å². The molecule has 3 nitrogen and oxygen atoms in total. The van der Waals surface area contributed by atoms with Crippen molar-refractivity contribution in [1.29, 1.82) is 0 Å². The summed E-state index contributed by atoms with van der Waals surface area (Å²) in [5.74, 6) is 1.24. The molecule has 0 amide bonds. The zero-order valence-corrected chi connectivity index (χ0v) is 22.6. The summed E-state index contributed by atoms with van der Waals surface area (Å²) >= 11 is 0. The average Bonchev–Trinajstić information content (AvgIpc) is 3.21. The van der Waals surface area contributed by atoms with Gasteiger partial charge in [-0.2, -0.15) is 0 Å². The second kappa shape index (κ2) is 7.91. The maximum atomic E-state index is 14.6. The first-order chi connectivity index (χ1) is 16.9. The highest BCUT2D eigenvalue weighted by Gasteiger charge is 2.68. The number of carboxylic acid groups (broad SMARTS) is 1. The normalized spacial score (nSPS) is 47.7. The van der Waals surface area contributed by atoms with Gasteiger partial charge in [-0.1, -0.05) is 46.3 Å². The molecule has 9 atom stereocenters. The Balaban J connectivity index is 1.33. The van der Waals surface area contributed by atoms with Crippen LogP contribution in [0.2, 0.25) is 0 Å². The lowest BCUT2D eigenvalue weighted by Gasteiger charge is -2.71. The minimum absolute atomic E-state index is 0.0942. The Morgan fingerprint density at radius 3 is 2.47 bits per heavy atom.